The van der Waals surface area contributed by atoms with Gasteiger partial charge in [0.2, 0.25) is 17.7 Å². The molecule has 0 aliphatic heterocycles. The highest BCUT2D eigenvalue weighted by Gasteiger charge is 2.20. The fourth-order valence-corrected chi connectivity index (χ4v) is 2.44. The molecule has 0 radical (unpaired) electrons. The maximum Gasteiger partial charge on any atom is 0.247 e. The summed E-state index contributed by atoms with van der Waals surface area (Å²) in [6, 6.07) is 11.4. The highest BCUT2D eigenvalue weighted by molar-refractivity contribution is 5.78. The van der Waals surface area contributed by atoms with E-state index < -0.39 is 0 Å². The molecule has 0 unspecified atom stereocenters. The summed E-state index contributed by atoms with van der Waals surface area (Å²) in [6.45, 7) is 2.70. The largest absolute Gasteiger partial charge is 0.419 e. The van der Waals surface area contributed by atoms with Crippen LogP contribution in [0.1, 0.15) is 12.8 Å². The van der Waals surface area contributed by atoms with E-state index in [1.165, 1.54) is 0 Å². The lowest BCUT2D eigenvalue weighted by Crippen LogP contribution is -2.33. The number of benzene rings is 1. The normalized spacial score (nSPS) is 12.1. The minimum absolute atomic E-state index is 0.00459. The van der Waals surface area contributed by atoms with Crippen molar-refractivity contribution in [2.75, 3.05) is 7.05 Å². The van der Waals surface area contributed by atoms with Gasteiger partial charge in [-0.1, -0.05) is 25.1 Å². The molecule has 7 nitrogen and oxygen atoms in total. The maximum atomic E-state index is 12.4. The molecule has 0 saturated carbocycles. The zero-order chi connectivity index (χ0) is 16.9. The predicted octanol–water partition coefficient (Wildman–Crippen LogP) is 2.23. The molecule has 3 rings (SSSR count). The van der Waals surface area contributed by atoms with Crippen molar-refractivity contribution in [3.05, 3.63) is 54.7 Å². The Kier molecular flexibility index (Phi) is 4.69. The van der Waals surface area contributed by atoms with Gasteiger partial charge < -0.3 is 9.32 Å². The van der Waals surface area contributed by atoms with E-state index in [9.17, 15) is 4.79 Å². The lowest BCUT2D eigenvalue weighted by molar-refractivity contribution is -0.135. The monoisotopic (exact) mass is 325 g/mol. The number of carbonyl (C=O) groups is 1. The van der Waals surface area contributed by atoms with Crippen molar-refractivity contribution in [2.24, 2.45) is 5.92 Å². The van der Waals surface area contributed by atoms with Crippen molar-refractivity contribution in [2.45, 2.75) is 20.0 Å². The molecule has 0 bridgehead atoms. The van der Waals surface area contributed by atoms with Crippen LogP contribution in [0.4, 0.5) is 0 Å². The Morgan fingerprint density at radius 1 is 1.25 bits per heavy atom. The Bertz CT molecular complexity index is 782. The van der Waals surface area contributed by atoms with E-state index in [-0.39, 0.29) is 18.4 Å². The van der Waals surface area contributed by atoms with Gasteiger partial charge in [-0.15, -0.1) is 10.2 Å². The van der Waals surface area contributed by atoms with Crippen molar-refractivity contribution in [1.82, 2.24) is 24.9 Å². The number of carbonyl (C=O) groups excluding carboxylic acids is 1. The third-order valence-electron chi connectivity index (χ3n) is 3.68. The molecule has 0 aliphatic rings. The number of aromatic nitrogens is 4. The van der Waals surface area contributed by atoms with Gasteiger partial charge in [0.15, 0.2) is 0 Å². The van der Waals surface area contributed by atoms with Crippen LogP contribution < -0.4 is 0 Å². The minimum atomic E-state index is -0.189. The summed E-state index contributed by atoms with van der Waals surface area (Å²) in [6.07, 6.45) is 3.54. The molecule has 3 aromatic rings. The smallest absolute Gasteiger partial charge is 0.247 e. The molecule has 0 spiro atoms. The Morgan fingerprint density at radius 3 is 2.75 bits per heavy atom. The summed E-state index contributed by atoms with van der Waals surface area (Å²) in [5, 5.41) is 12.2. The van der Waals surface area contributed by atoms with Gasteiger partial charge in [-0.05, 0) is 18.2 Å². The van der Waals surface area contributed by atoms with Gasteiger partial charge in [0, 0.05) is 25.0 Å². The van der Waals surface area contributed by atoms with Crippen molar-refractivity contribution in [3.8, 4) is 11.5 Å². The zero-order valence-corrected chi connectivity index (χ0v) is 13.7. The molecule has 24 heavy (non-hydrogen) atoms. The van der Waals surface area contributed by atoms with Gasteiger partial charge in [-0.2, -0.15) is 5.10 Å². The van der Waals surface area contributed by atoms with Crippen LogP contribution in [0.5, 0.6) is 0 Å². The third kappa shape index (κ3) is 3.68. The third-order valence-corrected chi connectivity index (χ3v) is 3.68. The van der Waals surface area contributed by atoms with E-state index in [0.29, 0.717) is 18.3 Å². The maximum absolute atomic E-state index is 12.4. The van der Waals surface area contributed by atoms with Crippen LogP contribution in [-0.4, -0.2) is 37.8 Å². The average Bonchev–Trinajstić information content (AvgIpc) is 3.27. The number of rotatable bonds is 6. The number of hydrogen-bond donors (Lipinski definition) is 0. The van der Waals surface area contributed by atoms with E-state index in [2.05, 4.69) is 15.3 Å². The summed E-state index contributed by atoms with van der Waals surface area (Å²) >= 11 is 0. The lowest BCUT2D eigenvalue weighted by atomic mass is 10.1. The van der Waals surface area contributed by atoms with Gasteiger partial charge in [-0.3, -0.25) is 9.48 Å². The molecular weight excluding hydrogens is 306 g/mol. The molecule has 7 heteroatoms. The standard InChI is InChI=1S/C17H19N5O2/c1-13(11-22-10-6-9-18-22)17(23)21(2)12-15-19-20-16(24-15)14-7-4-3-5-8-14/h3-10,13H,11-12H2,1-2H3/t13-/m1/s1. The summed E-state index contributed by atoms with van der Waals surface area (Å²) < 4.78 is 7.39. The number of nitrogens with zero attached hydrogens (tertiary/aromatic N) is 5. The molecule has 1 atom stereocenters. The summed E-state index contributed by atoms with van der Waals surface area (Å²) in [4.78, 5) is 14.0. The molecule has 2 aromatic heterocycles. The second-order valence-electron chi connectivity index (χ2n) is 5.69. The number of amides is 1. The predicted molar refractivity (Wildman–Crippen MR) is 87.6 cm³/mol. The first-order valence-electron chi connectivity index (χ1n) is 7.73. The van der Waals surface area contributed by atoms with Crippen LogP contribution in [0.2, 0.25) is 0 Å². The van der Waals surface area contributed by atoms with Crippen molar-refractivity contribution >= 4 is 5.91 Å². The Labute approximate surface area is 139 Å². The van der Waals surface area contributed by atoms with Gasteiger partial charge in [0.05, 0.1) is 19.0 Å². The molecule has 0 fully saturated rings. The van der Waals surface area contributed by atoms with E-state index >= 15 is 0 Å². The average molecular weight is 325 g/mol. The van der Waals surface area contributed by atoms with Crippen LogP contribution in [0.25, 0.3) is 11.5 Å². The van der Waals surface area contributed by atoms with Crippen LogP contribution in [0, 0.1) is 5.92 Å². The Hall–Kier alpha value is -2.96. The fraction of sp³-hybridized carbons (Fsp3) is 0.294. The molecule has 124 valence electrons. The van der Waals surface area contributed by atoms with Crippen LogP contribution in [0.3, 0.4) is 0 Å². The van der Waals surface area contributed by atoms with Crippen LogP contribution in [-0.2, 0) is 17.9 Å². The summed E-state index contributed by atoms with van der Waals surface area (Å²) in [5.41, 5.74) is 0.859. The van der Waals surface area contributed by atoms with Crippen molar-refractivity contribution < 1.29 is 9.21 Å². The molecule has 0 aliphatic carbocycles. The highest BCUT2D eigenvalue weighted by atomic mass is 16.4. The lowest BCUT2D eigenvalue weighted by Gasteiger charge is -2.19. The van der Waals surface area contributed by atoms with Crippen LogP contribution >= 0.6 is 0 Å². The Morgan fingerprint density at radius 2 is 2.04 bits per heavy atom. The Balaban J connectivity index is 1.61. The molecular formula is C17H19N5O2. The van der Waals surface area contributed by atoms with E-state index in [4.69, 9.17) is 4.42 Å². The molecule has 1 amide bonds. The number of hydrogen-bond acceptors (Lipinski definition) is 5. The summed E-state index contributed by atoms with van der Waals surface area (Å²) in [5.74, 6) is 0.684. The second kappa shape index (κ2) is 7.08. The molecule has 2 heterocycles. The van der Waals surface area contributed by atoms with E-state index in [1.54, 1.807) is 22.8 Å². The zero-order valence-electron chi connectivity index (χ0n) is 13.7. The first kappa shape index (κ1) is 15.9. The molecule has 0 N–H and O–H groups in total. The van der Waals surface area contributed by atoms with E-state index in [1.807, 2.05) is 49.5 Å². The highest BCUT2D eigenvalue weighted by Crippen LogP contribution is 2.17. The van der Waals surface area contributed by atoms with Crippen molar-refractivity contribution in [3.63, 3.8) is 0 Å². The second-order valence-corrected chi connectivity index (χ2v) is 5.69. The SMILES string of the molecule is C[C@H](Cn1cccn1)C(=O)N(C)Cc1nnc(-c2ccccc2)o1. The first-order chi connectivity index (χ1) is 11.6. The van der Waals surface area contributed by atoms with Gasteiger partial charge in [0.25, 0.3) is 0 Å². The van der Waals surface area contributed by atoms with Gasteiger partial charge in [-0.25, -0.2) is 0 Å². The molecule has 1 aromatic carbocycles. The van der Waals surface area contributed by atoms with Crippen LogP contribution in [0.15, 0.2) is 53.2 Å². The van der Waals surface area contributed by atoms with Gasteiger partial charge in [0.1, 0.15) is 0 Å². The van der Waals surface area contributed by atoms with Crippen molar-refractivity contribution in [1.29, 1.82) is 0 Å². The fourth-order valence-electron chi connectivity index (χ4n) is 2.44. The van der Waals surface area contributed by atoms with E-state index in [0.717, 1.165) is 5.56 Å². The minimum Gasteiger partial charge on any atom is -0.419 e. The summed E-state index contributed by atoms with van der Waals surface area (Å²) in [7, 11) is 1.73. The quantitative estimate of drug-likeness (QED) is 0.694. The first-order valence-corrected chi connectivity index (χ1v) is 7.73. The topological polar surface area (TPSA) is 77.1 Å². The molecule has 0 saturated heterocycles. The van der Waals surface area contributed by atoms with Gasteiger partial charge >= 0.3 is 0 Å².